The minimum atomic E-state index is -0.461. The van der Waals surface area contributed by atoms with Gasteiger partial charge in [0.05, 0.1) is 0 Å². The fraction of sp³-hybridized carbons (Fsp3) is 0.722. The molecule has 0 aromatic heterocycles. The summed E-state index contributed by atoms with van der Waals surface area (Å²) < 4.78 is 8.46. The molecule has 148 valence electrons. The van der Waals surface area contributed by atoms with Crippen molar-refractivity contribution in [1.82, 2.24) is 14.9 Å². The van der Waals surface area contributed by atoms with Crippen LogP contribution >= 0.6 is 11.9 Å². The van der Waals surface area contributed by atoms with E-state index in [2.05, 4.69) is 21.6 Å². The van der Waals surface area contributed by atoms with Crippen LogP contribution in [-0.2, 0) is 4.74 Å². The van der Waals surface area contributed by atoms with Crippen LogP contribution in [0.5, 0.6) is 0 Å². The van der Waals surface area contributed by atoms with E-state index >= 15 is 0 Å². The van der Waals surface area contributed by atoms with Gasteiger partial charge in [0.25, 0.3) is 0 Å². The van der Waals surface area contributed by atoms with Crippen molar-refractivity contribution in [3.63, 3.8) is 0 Å². The van der Waals surface area contributed by atoms with Gasteiger partial charge in [-0.3, -0.25) is 10.0 Å². The topological polar surface area (TPSA) is 83.0 Å². The lowest BCUT2D eigenvalue weighted by molar-refractivity contribution is 0.135. The lowest BCUT2D eigenvalue weighted by Gasteiger charge is -2.24. The Labute approximate surface area is 161 Å². The minimum absolute atomic E-state index is 0.0118. The van der Waals surface area contributed by atoms with E-state index in [-0.39, 0.29) is 18.2 Å². The summed E-state index contributed by atoms with van der Waals surface area (Å²) in [5.41, 5.74) is 0. The zero-order chi connectivity index (χ0) is 19.2. The predicted octanol–water partition coefficient (Wildman–Crippen LogP) is 4.07. The van der Waals surface area contributed by atoms with Crippen molar-refractivity contribution in [2.45, 2.75) is 64.9 Å². The predicted molar refractivity (Wildman–Crippen MR) is 107 cm³/mol. The maximum absolute atomic E-state index is 12.5. The van der Waals surface area contributed by atoms with Crippen LogP contribution < -0.4 is 10.0 Å². The first-order valence-corrected chi connectivity index (χ1v) is 10.4. The summed E-state index contributed by atoms with van der Waals surface area (Å²) in [4.78, 5) is 30.2. The highest BCUT2D eigenvalue weighted by atomic mass is 32.2. The van der Waals surface area contributed by atoms with E-state index < -0.39 is 6.03 Å². The van der Waals surface area contributed by atoms with Crippen molar-refractivity contribution in [2.75, 3.05) is 18.8 Å². The average Bonchev–Trinajstić information content (AvgIpc) is 2.62. The van der Waals surface area contributed by atoms with Crippen LogP contribution in [0.15, 0.2) is 17.6 Å². The molecule has 0 unspecified atom stereocenters. The summed E-state index contributed by atoms with van der Waals surface area (Å²) in [6.45, 7) is 8.90. The first kappa shape index (κ1) is 22.3. The molecular weight excluding hydrogens is 352 g/mol. The Morgan fingerprint density at radius 3 is 2.46 bits per heavy atom. The molecule has 0 aromatic rings. The molecule has 0 bridgehead atoms. The highest BCUT2D eigenvalue weighted by Crippen LogP contribution is 2.20. The molecule has 0 heterocycles. The van der Waals surface area contributed by atoms with Crippen molar-refractivity contribution in [2.24, 2.45) is 4.99 Å². The minimum Gasteiger partial charge on any atom is -0.461 e. The number of amidine groups is 1. The third-order valence-electron chi connectivity index (χ3n) is 3.87. The zero-order valence-electron chi connectivity index (χ0n) is 16.0. The second kappa shape index (κ2) is 13.5. The molecule has 2 N–H and O–H groups in total. The number of nitrogens with one attached hydrogen (secondary N) is 2. The Hall–Kier alpha value is -1.70. The van der Waals surface area contributed by atoms with E-state index in [1.165, 1.54) is 18.4 Å². The van der Waals surface area contributed by atoms with E-state index in [9.17, 15) is 9.59 Å². The fourth-order valence-electron chi connectivity index (χ4n) is 2.71. The lowest BCUT2D eigenvalue weighted by Crippen LogP contribution is -2.41. The molecule has 1 fully saturated rings. The summed E-state index contributed by atoms with van der Waals surface area (Å²) in [5, 5.41) is 2.57. The standard InChI is InChI=1S/C18H32N4O3S/c1-4-12-22(13-5-2)18(24)20-17(19-16(23)21-26-14-6-3)25-15-10-8-7-9-11-15/h6,15H,3-5,7-14H2,1-2H3,(H2,19,20,21,23,24). The largest absolute Gasteiger partial charge is 0.461 e. The summed E-state index contributed by atoms with van der Waals surface area (Å²) in [6.07, 6.45) is 8.58. The molecule has 4 amide bonds. The summed E-state index contributed by atoms with van der Waals surface area (Å²) in [7, 11) is 0. The number of rotatable bonds is 8. The van der Waals surface area contributed by atoms with Crippen LogP contribution in [-0.4, -0.2) is 47.9 Å². The third-order valence-corrected chi connectivity index (χ3v) is 4.60. The highest BCUT2D eigenvalue weighted by molar-refractivity contribution is 7.98. The fourth-order valence-corrected chi connectivity index (χ4v) is 3.10. The summed E-state index contributed by atoms with van der Waals surface area (Å²) in [5.74, 6) is 0.586. The van der Waals surface area contributed by atoms with Crippen molar-refractivity contribution in [1.29, 1.82) is 0 Å². The number of ether oxygens (including phenoxy) is 1. The SMILES string of the molecule is C=CCSNC(=O)NC(=NC(=O)N(CCC)CCC)OC1CCCCC1. The lowest BCUT2D eigenvalue weighted by atomic mass is 9.98. The number of hydrogen-bond donors (Lipinski definition) is 2. The van der Waals surface area contributed by atoms with Crippen molar-refractivity contribution in [3.05, 3.63) is 12.7 Å². The van der Waals surface area contributed by atoms with Crippen LogP contribution in [0.2, 0.25) is 0 Å². The van der Waals surface area contributed by atoms with E-state index in [1.807, 2.05) is 13.8 Å². The van der Waals surface area contributed by atoms with Crippen LogP contribution in [0.4, 0.5) is 9.59 Å². The van der Waals surface area contributed by atoms with Crippen LogP contribution in [0, 0.1) is 0 Å². The maximum Gasteiger partial charge on any atom is 0.348 e. The molecule has 1 rings (SSSR count). The van der Waals surface area contributed by atoms with Crippen molar-refractivity contribution < 1.29 is 14.3 Å². The average molecular weight is 385 g/mol. The van der Waals surface area contributed by atoms with E-state index in [0.717, 1.165) is 38.5 Å². The van der Waals surface area contributed by atoms with Gasteiger partial charge in [-0.25, -0.2) is 9.59 Å². The molecule has 1 aliphatic carbocycles. The molecule has 0 radical (unpaired) electrons. The van der Waals surface area contributed by atoms with Crippen LogP contribution in [0.3, 0.4) is 0 Å². The van der Waals surface area contributed by atoms with Gasteiger partial charge in [0.1, 0.15) is 6.10 Å². The molecule has 0 aromatic carbocycles. The molecule has 0 atom stereocenters. The van der Waals surface area contributed by atoms with Gasteiger partial charge >= 0.3 is 18.1 Å². The highest BCUT2D eigenvalue weighted by Gasteiger charge is 2.20. The molecular formula is C18H32N4O3S. The van der Waals surface area contributed by atoms with Crippen molar-refractivity contribution in [3.8, 4) is 0 Å². The van der Waals surface area contributed by atoms with E-state index in [0.29, 0.717) is 18.8 Å². The molecule has 0 spiro atoms. The molecule has 7 nitrogen and oxygen atoms in total. The van der Waals surface area contributed by atoms with Gasteiger partial charge in [0.15, 0.2) is 0 Å². The quantitative estimate of drug-likeness (QED) is 0.217. The zero-order valence-corrected chi connectivity index (χ0v) is 16.8. The normalized spacial score (nSPS) is 15.2. The molecule has 8 heteroatoms. The van der Waals surface area contributed by atoms with Gasteiger partial charge in [-0.05, 0) is 50.5 Å². The number of carbonyl (C=O) groups excluding carboxylic acids is 2. The number of urea groups is 2. The second-order valence-electron chi connectivity index (χ2n) is 6.22. The first-order chi connectivity index (χ1) is 12.6. The molecule has 26 heavy (non-hydrogen) atoms. The Morgan fingerprint density at radius 1 is 1.23 bits per heavy atom. The molecule has 1 aliphatic rings. The van der Waals surface area contributed by atoms with Gasteiger partial charge < -0.3 is 9.64 Å². The van der Waals surface area contributed by atoms with Gasteiger partial charge in [-0.1, -0.05) is 26.3 Å². The van der Waals surface area contributed by atoms with Crippen LogP contribution in [0.1, 0.15) is 58.8 Å². The van der Waals surface area contributed by atoms with Crippen LogP contribution in [0.25, 0.3) is 0 Å². The molecule has 0 saturated heterocycles. The molecule has 1 saturated carbocycles. The third kappa shape index (κ3) is 9.12. The number of amides is 4. The number of nitrogens with zero attached hydrogens (tertiary/aromatic N) is 2. The van der Waals surface area contributed by atoms with Crippen molar-refractivity contribution >= 4 is 30.0 Å². The second-order valence-corrected chi connectivity index (χ2v) is 7.05. The van der Waals surface area contributed by atoms with Gasteiger partial charge in [-0.15, -0.1) is 11.6 Å². The monoisotopic (exact) mass is 384 g/mol. The Balaban J connectivity index is 2.77. The van der Waals surface area contributed by atoms with Gasteiger partial charge in [-0.2, -0.15) is 0 Å². The Bertz CT molecular complexity index is 473. The van der Waals surface area contributed by atoms with Gasteiger partial charge in [0, 0.05) is 18.8 Å². The summed E-state index contributed by atoms with van der Waals surface area (Å²) in [6, 6.07) is -0.855. The Kier molecular flexibility index (Phi) is 11.6. The first-order valence-electron chi connectivity index (χ1n) is 9.44. The number of aliphatic imine (C=N–C) groups is 1. The smallest absolute Gasteiger partial charge is 0.348 e. The van der Waals surface area contributed by atoms with Gasteiger partial charge in [0.2, 0.25) is 0 Å². The summed E-state index contributed by atoms with van der Waals surface area (Å²) >= 11 is 1.20. The molecule has 0 aliphatic heterocycles. The Morgan fingerprint density at radius 2 is 1.88 bits per heavy atom. The number of hydrogen-bond acceptors (Lipinski definition) is 4. The number of carbonyl (C=O) groups is 2. The maximum atomic E-state index is 12.5. The van der Waals surface area contributed by atoms with E-state index in [4.69, 9.17) is 4.74 Å². The van der Waals surface area contributed by atoms with E-state index in [1.54, 1.807) is 11.0 Å².